The van der Waals surface area contributed by atoms with Crippen LogP contribution in [0.25, 0.3) is 0 Å². The Morgan fingerprint density at radius 3 is 2.14 bits per heavy atom. The van der Waals surface area contributed by atoms with Crippen LogP contribution in [0.2, 0.25) is 0 Å². The van der Waals surface area contributed by atoms with E-state index in [-0.39, 0.29) is 5.41 Å². The van der Waals surface area contributed by atoms with Crippen molar-refractivity contribution in [3.63, 3.8) is 0 Å². The maximum absolute atomic E-state index is 5.80. The van der Waals surface area contributed by atoms with E-state index in [0.717, 1.165) is 18.2 Å². The third kappa shape index (κ3) is 3.98. The molecule has 0 radical (unpaired) electrons. The lowest BCUT2D eigenvalue weighted by molar-refractivity contribution is 0.112. The molecule has 21 heavy (non-hydrogen) atoms. The second-order valence-corrected chi connectivity index (χ2v) is 7.53. The van der Waals surface area contributed by atoms with Gasteiger partial charge in [0.2, 0.25) is 0 Å². The first-order chi connectivity index (χ1) is 10.0. The highest BCUT2D eigenvalue weighted by molar-refractivity contribution is 5.41. The van der Waals surface area contributed by atoms with E-state index < -0.39 is 0 Å². The zero-order valence-corrected chi connectivity index (χ0v) is 13.5. The molecule has 0 spiro atoms. The molecule has 1 heterocycles. The summed E-state index contributed by atoms with van der Waals surface area (Å²) in [5.41, 5.74) is 8.22. The summed E-state index contributed by atoms with van der Waals surface area (Å²) in [4.78, 5) is 5.28. The van der Waals surface area contributed by atoms with Crippen LogP contribution in [0.3, 0.4) is 0 Å². The second kappa shape index (κ2) is 5.98. The SMILES string of the molecule is CC(C)(CN1CCN(CC2CC2)CC1)c1ccc(N)cc1. The molecule has 1 aromatic carbocycles. The van der Waals surface area contributed by atoms with E-state index in [0.29, 0.717) is 0 Å². The number of hydrogen-bond donors (Lipinski definition) is 1. The van der Waals surface area contributed by atoms with Gasteiger partial charge in [-0.3, -0.25) is 4.90 Å². The van der Waals surface area contributed by atoms with Gasteiger partial charge in [-0.25, -0.2) is 0 Å². The van der Waals surface area contributed by atoms with Crippen LogP contribution in [0, 0.1) is 5.92 Å². The Balaban J connectivity index is 1.52. The normalized spacial score (nSPS) is 21.6. The monoisotopic (exact) mass is 287 g/mol. The number of nitrogens with zero attached hydrogens (tertiary/aromatic N) is 2. The van der Waals surface area contributed by atoms with Crippen LogP contribution >= 0.6 is 0 Å². The molecule has 0 unspecified atom stereocenters. The van der Waals surface area contributed by atoms with Gasteiger partial charge in [-0.2, -0.15) is 0 Å². The molecule has 0 atom stereocenters. The molecular formula is C18H29N3. The summed E-state index contributed by atoms with van der Waals surface area (Å²) in [5.74, 6) is 1.02. The van der Waals surface area contributed by atoms with Crippen molar-refractivity contribution in [3.05, 3.63) is 29.8 Å². The molecule has 0 bridgehead atoms. The molecule has 1 saturated heterocycles. The van der Waals surface area contributed by atoms with E-state index in [4.69, 9.17) is 5.73 Å². The fraction of sp³-hybridized carbons (Fsp3) is 0.667. The molecule has 2 fully saturated rings. The van der Waals surface area contributed by atoms with Crippen LogP contribution in [0.5, 0.6) is 0 Å². The Bertz CT molecular complexity index is 454. The third-order valence-corrected chi connectivity index (χ3v) is 4.99. The Morgan fingerprint density at radius 2 is 1.57 bits per heavy atom. The topological polar surface area (TPSA) is 32.5 Å². The highest BCUT2D eigenvalue weighted by atomic mass is 15.3. The fourth-order valence-corrected chi connectivity index (χ4v) is 3.38. The van der Waals surface area contributed by atoms with Crippen molar-refractivity contribution < 1.29 is 0 Å². The molecule has 1 saturated carbocycles. The first kappa shape index (κ1) is 14.9. The lowest BCUT2D eigenvalue weighted by Crippen LogP contribution is -2.50. The summed E-state index contributed by atoms with van der Waals surface area (Å²) in [7, 11) is 0. The minimum Gasteiger partial charge on any atom is -0.399 e. The average Bonchev–Trinajstić information content (AvgIpc) is 3.25. The van der Waals surface area contributed by atoms with Crippen LogP contribution in [0.1, 0.15) is 32.3 Å². The van der Waals surface area contributed by atoms with Crippen LogP contribution in [0.4, 0.5) is 5.69 Å². The minimum absolute atomic E-state index is 0.187. The first-order valence-electron chi connectivity index (χ1n) is 8.34. The summed E-state index contributed by atoms with van der Waals surface area (Å²) in [5, 5.41) is 0. The summed E-state index contributed by atoms with van der Waals surface area (Å²) in [6, 6.07) is 8.40. The lowest BCUT2D eigenvalue weighted by Gasteiger charge is -2.39. The molecule has 1 aliphatic carbocycles. The predicted molar refractivity (Wildman–Crippen MR) is 89.5 cm³/mol. The van der Waals surface area contributed by atoms with Gasteiger partial charge < -0.3 is 10.6 Å². The number of benzene rings is 1. The predicted octanol–water partition coefficient (Wildman–Crippen LogP) is 2.57. The van der Waals surface area contributed by atoms with E-state index in [1.807, 2.05) is 12.1 Å². The highest BCUT2D eigenvalue weighted by Gasteiger charge is 2.29. The zero-order valence-electron chi connectivity index (χ0n) is 13.5. The molecule has 1 aliphatic heterocycles. The van der Waals surface area contributed by atoms with Crippen molar-refractivity contribution in [2.75, 3.05) is 45.0 Å². The van der Waals surface area contributed by atoms with Crippen LogP contribution < -0.4 is 5.73 Å². The van der Waals surface area contributed by atoms with E-state index in [9.17, 15) is 0 Å². The molecule has 0 amide bonds. The molecule has 116 valence electrons. The number of anilines is 1. The summed E-state index contributed by atoms with van der Waals surface area (Å²) < 4.78 is 0. The maximum Gasteiger partial charge on any atom is 0.0314 e. The van der Waals surface area contributed by atoms with Gasteiger partial charge in [0.15, 0.2) is 0 Å². The molecule has 3 heteroatoms. The molecule has 2 N–H and O–H groups in total. The van der Waals surface area contributed by atoms with E-state index in [1.54, 1.807) is 0 Å². The van der Waals surface area contributed by atoms with Crippen LogP contribution in [-0.2, 0) is 5.41 Å². The van der Waals surface area contributed by atoms with Gasteiger partial charge in [0, 0.05) is 50.4 Å². The first-order valence-corrected chi connectivity index (χ1v) is 8.34. The Kier molecular flexibility index (Phi) is 4.23. The van der Waals surface area contributed by atoms with Crippen molar-refractivity contribution >= 4 is 5.69 Å². The van der Waals surface area contributed by atoms with E-state index in [1.165, 1.54) is 51.1 Å². The second-order valence-electron chi connectivity index (χ2n) is 7.53. The number of nitrogens with two attached hydrogens (primary N) is 1. The Hall–Kier alpha value is -1.06. The number of rotatable bonds is 5. The molecule has 3 nitrogen and oxygen atoms in total. The van der Waals surface area contributed by atoms with Gasteiger partial charge in [0.25, 0.3) is 0 Å². The molecule has 3 rings (SSSR count). The number of piperazine rings is 1. The van der Waals surface area contributed by atoms with Gasteiger partial charge in [0.1, 0.15) is 0 Å². The van der Waals surface area contributed by atoms with Crippen LogP contribution in [-0.4, -0.2) is 49.1 Å². The van der Waals surface area contributed by atoms with Gasteiger partial charge in [-0.1, -0.05) is 26.0 Å². The Morgan fingerprint density at radius 1 is 1.00 bits per heavy atom. The number of nitrogen functional groups attached to an aromatic ring is 1. The van der Waals surface area contributed by atoms with Gasteiger partial charge >= 0.3 is 0 Å². The standard InChI is InChI=1S/C18H29N3/c1-18(2,16-5-7-17(19)8-6-16)14-21-11-9-20(10-12-21)13-15-3-4-15/h5-8,15H,3-4,9-14,19H2,1-2H3. The molecule has 1 aromatic rings. The van der Waals surface area contributed by atoms with E-state index in [2.05, 4.69) is 35.8 Å². The van der Waals surface area contributed by atoms with Crippen LogP contribution in [0.15, 0.2) is 24.3 Å². The van der Waals surface area contributed by atoms with Gasteiger partial charge in [0.05, 0.1) is 0 Å². The molecule has 2 aliphatic rings. The zero-order chi connectivity index (χ0) is 14.9. The maximum atomic E-state index is 5.80. The quantitative estimate of drug-likeness (QED) is 0.845. The summed E-state index contributed by atoms with van der Waals surface area (Å²) >= 11 is 0. The van der Waals surface area contributed by atoms with Crippen molar-refractivity contribution in [2.24, 2.45) is 5.92 Å². The van der Waals surface area contributed by atoms with Crippen molar-refractivity contribution in [3.8, 4) is 0 Å². The smallest absolute Gasteiger partial charge is 0.0314 e. The summed E-state index contributed by atoms with van der Waals surface area (Å²) in [6.45, 7) is 12.1. The molecular weight excluding hydrogens is 258 g/mol. The van der Waals surface area contributed by atoms with E-state index >= 15 is 0 Å². The van der Waals surface area contributed by atoms with Gasteiger partial charge in [-0.15, -0.1) is 0 Å². The summed E-state index contributed by atoms with van der Waals surface area (Å²) in [6.07, 6.45) is 2.93. The Labute approximate surface area is 129 Å². The highest BCUT2D eigenvalue weighted by Crippen LogP contribution is 2.30. The van der Waals surface area contributed by atoms with Crippen molar-refractivity contribution in [1.29, 1.82) is 0 Å². The largest absolute Gasteiger partial charge is 0.399 e. The van der Waals surface area contributed by atoms with Crippen molar-refractivity contribution in [2.45, 2.75) is 32.1 Å². The number of hydrogen-bond acceptors (Lipinski definition) is 3. The van der Waals surface area contributed by atoms with Crippen molar-refractivity contribution in [1.82, 2.24) is 9.80 Å². The third-order valence-electron chi connectivity index (χ3n) is 4.99. The minimum atomic E-state index is 0.187. The molecule has 0 aromatic heterocycles. The lowest BCUT2D eigenvalue weighted by atomic mass is 9.84. The van der Waals surface area contributed by atoms with Gasteiger partial charge in [-0.05, 0) is 36.5 Å². The average molecular weight is 287 g/mol. The fourth-order valence-electron chi connectivity index (χ4n) is 3.38.